The molecule has 3 rings (SSSR count). The predicted molar refractivity (Wildman–Crippen MR) is 69.3 cm³/mol. The molecule has 92 valence electrons. The Morgan fingerprint density at radius 3 is 3.24 bits per heavy atom. The largest absolute Gasteiger partial charge is 0.374 e. The van der Waals surface area contributed by atoms with Crippen molar-refractivity contribution < 1.29 is 4.74 Å². The van der Waals surface area contributed by atoms with Crippen LogP contribution in [-0.4, -0.2) is 39.7 Å². The van der Waals surface area contributed by atoms with Crippen LogP contribution in [0.25, 0.3) is 0 Å². The first-order valence-corrected chi connectivity index (χ1v) is 7.26. The molecule has 0 amide bonds. The van der Waals surface area contributed by atoms with Crippen molar-refractivity contribution in [3.63, 3.8) is 0 Å². The summed E-state index contributed by atoms with van der Waals surface area (Å²) in [6, 6.07) is 0.471. The topological polar surface area (TPSA) is 47.0 Å². The van der Waals surface area contributed by atoms with Gasteiger partial charge in [-0.15, -0.1) is 0 Å². The van der Waals surface area contributed by atoms with Gasteiger partial charge in [0, 0.05) is 30.8 Å². The summed E-state index contributed by atoms with van der Waals surface area (Å²) in [5, 5.41) is 3.47. The molecule has 0 unspecified atom stereocenters. The van der Waals surface area contributed by atoms with E-state index in [1.165, 1.54) is 12.2 Å². The van der Waals surface area contributed by atoms with Gasteiger partial charge < -0.3 is 10.1 Å². The van der Waals surface area contributed by atoms with Crippen molar-refractivity contribution in [1.29, 1.82) is 0 Å². The molecule has 2 saturated heterocycles. The zero-order valence-corrected chi connectivity index (χ0v) is 10.6. The minimum absolute atomic E-state index is 0.128. The maximum absolute atomic E-state index is 6.00. The molecule has 0 aromatic carbocycles. The van der Waals surface area contributed by atoms with E-state index in [0.717, 1.165) is 31.0 Å². The van der Waals surface area contributed by atoms with E-state index in [9.17, 15) is 0 Å². The molecule has 1 aromatic heterocycles. The van der Waals surface area contributed by atoms with Crippen LogP contribution in [0.3, 0.4) is 0 Å². The third-order valence-electron chi connectivity index (χ3n) is 3.48. The number of hydrogen-bond donors (Lipinski definition) is 1. The van der Waals surface area contributed by atoms with Crippen LogP contribution in [0.4, 0.5) is 5.82 Å². The maximum Gasteiger partial charge on any atom is 0.144 e. The average Bonchev–Trinajstić information content (AvgIpc) is 2.79. The zero-order chi connectivity index (χ0) is 11.6. The minimum Gasteiger partial charge on any atom is -0.374 e. The Labute approximate surface area is 106 Å². The summed E-state index contributed by atoms with van der Waals surface area (Å²) < 4.78 is 6.00. The Bertz CT molecular complexity index is 367. The molecule has 3 heterocycles. The summed E-state index contributed by atoms with van der Waals surface area (Å²) in [5.41, 5.74) is 0.128. The second-order valence-corrected chi connectivity index (χ2v) is 5.86. The molecule has 0 saturated carbocycles. The molecule has 2 atom stereocenters. The van der Waals surface area contributed by atoms with Crippen molar-refractivity contribution in [3.8, 4) is 0 Å². The van der Waals surface area contributed by atoms with Crippen molar-refractivity contribution in [2.45, 2.75) is 30.9 Å². The molecule has 4 nitrogen and oxygen atoms in total. The SMILES string of the molecule is c1cnc(N[C@H]2CCO[C@@]3(CCSC3)C2)cn1. The molecule has 2 aliphatic rings. The van der Waals surface area contributed by atoms with Gasteiger partial charge in [-0.1, -0.05) is 0 Å². The summed E-state index contributed by atoms with van der Waals surface area (Å²) in [4.78, 5) is 8.35. The molecular weight excluding hydrogens is 234 g/mol. The molecule has 17 heavy (non-hydrogen) atoms. The lowest BCUT2D eigenvalue weighted by atomic mass is 9.90. The van der Waals surface area contributed by atoms with Gasteiger partial charge >= 0.3 is 0 Å². The first-order valence-electron chi connectivity index (χ1n) is 6.11. The fraction of sp³-hybridized carbons (Fsp3) is 0.667. The molecule has 1 N–H and O–H groups in total. The number of aromatic nitrogens is 2. The summed E-state index contributed by atoms with van der Waals surface area (Å²) in [7, 11) is 0. The Morgan fingerprint density at radius 2 is 2.47 bits per heavy atom. The number of rotatable bonds is 2. The standard InChI is InChI=1S/C12H17N3OS/c1-5-16-12(2-6-17-9-12)7-10(1)15-11-8-13-3-4-14-11/h3-4,8,10H,1-2,5-7,9H2,(H,14,15)/t10-,12-/m0/s1. The van der Waals surface area contributed by atoms with Gasteiger partial charge in [0.1, 0.15) is 5.82 Å². The van der Waals surface area contributed by atoms with Crippen molar-refractivity contribution >= 4 is 17.6 Å². The highest BCUT2D eigenvalue weighted by Gasteiger charge is 2.40. The number of nitrogens with zero attached hydrogens (tertiary/aromatic N) is 2. The van der Waals surface area contributed by atoms with Crippen molar-refractivity contribution in [3.05, 3.63) is 18.6 Å². The average molecular weight is 251 g/mol. The second-order valence-electron chi connectivity index (χ2n) is 4.76. The Kier molecular flexibility index (Phi) is 3.20. The van der Waals surface area contributed by atoms with E-state index < -0.39 is 0 Å². The van der Waals surface area contributed by atoms with E-state index in [4.69, 9.17) is 4.74 Å². The smallest absolute Gasteiger partial charge is 0.144 e. The van der Waals surface area contributed by atoms with Crippen LogP contribution in [0.5, 0.6) is 0 Å². The van der Waals surface area contributed by atoms with Gasteiger partial charge in [-0.2, -0.15) is 11.8 Å². The summed E-state index contributed by atoms with van der Waals surface area (Å²) >= 11 is 2.01. The molecule has 0 aliphatic carbocycles. The van der Waals surface area contributed by atoms with E-state index in [-0.39, 0.29) is 5.60 Å². The molecule has 2 fully saturated rings. The first-order chi connectivity index (χ1) is 8.36. The summed E-state index contributed by atoms with van der Waals surface area (Å²) in [5.74, 6) is 3.25. The monoisotopic (exact) mass is 251 g/mol. The van der Waals surface area contributed by atoms with Gasteiger partial charge in [-0.25, -0.2) is 4.98 Å². The van der Waals surface area contributed by atoms with Crippen LogP contribution in [0, 0.1) is 0 Å². The third-order valence-corrected chi connectivity index (χ3v) is 4.70. The molecule has 2 aliphatic heterocycles. The van der Waals surface area contributed by atoms with E-state index in [1.54, 1.807) is 18.6 Å². The third kappa shape index (κ3) is 2.55. The quantitative estimate of drug-likeness (QED) is 0.870. The van der Waals surface area contributed by atoms with Crippen LogP contribution in [0.2, 0.25) is 0 Å². The van der Waals surface area contributed by atoms with Crippen molar-refractivity contribution in [2.24, 2.45) is 0 Å². The number of thioether (sulfide) groups is 1. The predicted octanol–water partition coefficient (Wildman–Crippen LogP) is 1.94. The normalized spacial score (nSPS) is 32.8. The zero-order valence-electron chi connectivity index (χ0n) is 9.76. The van der Waals surface area contributed by atoms with Gasteiger partial charge in [-0.05, 0) is 25.0 Å². The molecule has 0 radical (unpaired) electrons. The highest BCUT2D eigenvalue weighted by Crippen LogP contribution is 2.38. The van der Waals surface area contributed by atoms with E-state index in [1.807, 2.05) is 11.8 Å². The highest BCUT2D eigenvalue weighted by molar-refractivity contribution is 7.99. The maximum atomic E-state index is 6.00. The van der Waals surface area contributed by atoms with E-state index in [0.29, 0.717) is 6.04 Å². The Balaban J connectivity index is 1.64. The number of nitrogens with one attached hydrogen (secondary N) is 1. The number of hydrogen-bond acceptors (Lipinski definition) is 5. The van der Waals surface area contributed by atoms with E-state index >= 15 is 0 Å². The summed E-state index contributed by atoms with van der Waals surface area (Å²) in [6.07, 6.45) is 8.55. The van der Waals surface area contributed by atoms with Gasteiger partial charge in [-0.3, -0.25) is 4.98 Å². The molecular formula is C12H17N3OS. The van der Waals surface area contributed by atoms with Crippen LogP contribution in [0.1, 0.15) is 19.3 Å². The second kappa shape index (κ2) is 4.82. The fourth-order valence-electron chi connectivity index (χ4n) is 2.60. The van der Waals surface area contributed by atoms with Gasteiger partial charge in [0.25, 0.3) is 0 Å². The van der Waals surface area contributed by atoms with Gasteiger partial charge in [0.15, 0.2) is 0 Å². The van der Waals surface area contributed by atoms with Crippen LogP contribution in [0.15, 0.2) is 18.6 Å². The van der Waals surface area contributed by atoms with Crippen LogP contribution < -0.4 is 5.32 Å². The molecule has 5 heteroatoms. The van der Waals surface area contributed by atoms with Crippen molar-refractivity contribution in [1.82, 2.24) is 9.97 Å². The van der Waals surface area contributed by atoms with Crippen LogP contribution in [-0.2, 0) is 4.74 Å². The van der Waals surface area contributed by atoms with Gasteiger partial charge in [0.2, 0.25) is 0 Å². The fourth-order valence-corrected chi connectivity index (χ4v) is 3.98. The van der Waals surface area contributed by atoms with Crippen LogP contribution >= 0.6 is 11.8 Å². The Morgan fingerprint density at radius 1 is 1.47 bits per heavy atom. The van der Waals surface area contributed by atoms with Crippen molar-refractivity contribution in [2.75, 3.05) is 23.4 Å². The first kappa shape index (κ1) is 11.3. The lowest BCUT2D eigenvalue weighted by molar-refractivity contribution is -0.0628. The lowest BCUT2D eigenvalue weighted by Gasteiger charge is -2.38. The minimum atomic E-state index is 0.128. The molecule has 1 aromatic rings. The lowest BCUT2D eigenvalue weighted by Crippen LogP contribution is -2.44. The number of ether oxygens (including phenoxy) is 1. The summed E-state index contributed by atoms with van der Waals surface area (Å²) in [6.45, 7) is 0.860. The number of anilines is 1. The van der Waals surface area contributed by atoms with E-state index in [2.05, 4.69) is 15.3 Å². The molecule has 1 spiro atoms. The van der Waals surface area contributed by atoms with Gasteiger partial charge in [0.05, 0.1) is 11.8 Å². The Hall–Kier alpha value is -0.810. The highest BCUT2D eigenvalue weighted by atomic mass is 32.2. The molecule has 0 bridgehead atoms.